The van der Waals surface area contributed by atoms with Gasteiger partial charge in [-0.1, -0.05) is 77.6 Å². The molecule has 18 heavy (non-hydrogen) atoms. The second-order valence-corrected chi connectivity index (χ2v) is 5.09. The minimum Gasteiger partial charge on any atom is -0.257 e. The number of hydrazine groups is 3. The van der Waals surface area contributed by atoms with Gasteiger partial charge in [0, 0.05) is 6.54 Å². The first kappa shape index (κ1) is 17.8. The molecule has 0 heterocycles. The maximum atomic E-state index is 5.05. The van der Waals surface area contributed by atoms with Crippen molar-refractivity contribution in [2.45, 2.75) is 84.0 Å². The minimum atomic E-state index is 0.974. The third-order valence-electron chi connectivity index (χ3n) is 3.32. The number of nitrogens with one attached hydrogen (secondary N) is 3. The molecule has 0 radical (unpaired) electrons. The van der Waals surface area contributed by atoms with E-state index in [4.69, 9.17) is 5.84 Å². The zero-order chi connectivity index (χ0) is 13.3. The molecule has 110 valence electrons. The SMILES string of the molecule is CCCCCCCCCCCCCCNNNN. The number of rotatable bonds is 15. The van der Waals surface area contributed by atoms with Gasteiger partial charge in [0.15, 0.2) is 0 Å². The molecule has 0 aliphatic carbocycles. The summed E-state index contributed by atoms with van der Waals surface area (Å²) in [6.07, 6.45) is 16.7. The summed E-state index contributed by atoms with van der Waals surface area (Å²) in [6, 6.07) is 0. The van der Waals surface area contributed by atoms with Crippen LogP contribution in [0.4, 0.5) is 0 Å². The molecule has 0 fully saturated rings. The van der Waals surface area contributed by atoms with Gasteiger partial charge < -0.3 is 0 Å². The summed E-state index contributed by atoms with van der Waals surface area (Å²) in [6.45, 7) is 3.25. The van der Waals surface area contributed by atoms with Crippen molar-refractivity contribution < 1.29 is 0 Å². The van der Waals surface area contributed by atoms with Gasteiger partial charge in [-0.2, -0.15) is 11.1 Å². The Balaban J connectivity index is 2.86. The summed E-state index contributed by atoms with van der Waals surface area (Å²) in [5.41, 5.74) is 8.00. The molecule has 0 amide bonds. The van der Waals surface area contributed by atoms with Gasteiger partial charge in [0.25, 0.3) is 0 Å². The fourth-order valence-corrected chi connectivity index (χ4v) is 2.17. The normalized spacial score (nSPS) is 11.0. The van der Waals surface area contributed by atoms with Crippen molar-refractivity contribution >= 4 is 0 Å². The van der Waals surface area contributed by atoms with E-state index >= 15 is 0 Å². The van der Waals surface area contributed by atoms with Crippen LogP contribution in [0.5, 0.6) is 0 Å². The molecule has 0 aliphatic heterocycles. The van der Waals surface area contributed by atoms with Crippen molar-refractivity contribution in [3.8, 4) is 0 Å². The van der Waals surface area contributed by atoms with Crippen molar-refractivity contribution in [3.63, 3.8) is 0 Å². The highest BCUT2D eigenvalue weighted by Gasteiger charge is 1.93. The summed E-state index contributed by atoms with van der Waals surface area (Å²) in [5, 5.41) is 0. The van der Waals surface area contributed by atoms with Gasteiger partial charge in [0.2, 0.25) is 0 Å². The van der Waals surface area contributed by atoms with E-state index in [1.807, 2.05) is 0 Å². The van der Waals surface area contributed by atoms with E-state index < -0.39 is 0 Å². The Bertz CT molecular complexity index is 126. The van der Waals surface area contributed by atoms with Gasteiger partial charge in [-0.3, -0.25) is 5.84 Å². The molecule has 0 aromatic heterocycles. The van der Waals surface area contributed by atoms with Crippen LogP contribution in [0.15, 0.2) is 0 Å². The van der Waals surface area contributed by atoms with Crippen LogP contribution < -0.4 is 22.3 Å². The lowest BCUT2D eigenvalue weighted by Gasteiger charge is -2.05. The van der Waals surface area contributed by atoms with Crippen LogP contribution in [0.1, 0.15) is 84.0 Å². The predicted octanol–water partition coefficient (Wildman–Crippen LogP) is 3.16. The van der Waals surface area contributed by atoms with E-state index in [1.54, 1.807) is 0 Å². The summed E-state index contributed by atoms with van der Waals surface area (Å²) >= 11 is 0. The maximum Gasteiger partial charge on any atom is 0.0113 e. The zero-order valence-corrected chi connectivity index (χ0v) is 12.3. The lowest BCUT2D eigenvalue weighted by atomic mass is 10.1. The molecule has 0 saturated carbocycles. The molecule has 0 unspecified atom stereocenters. The van der Waals surface area contributed by atoms with Crippen molar-refractivity contribution in [2.75, 3.05) is 6.54 Å². The van der Waals surface area contributed by atoms with Crippen molar-refractivity contribution in [1.29, 1.82) is 0 Å². The van der Waals surface area contributed by atoms with Gasteiger partial charge in [-0.25, -0.2) is 5.43 Å². The first-order valence-electron chi connectivity index (χ1n) is 7.85. The second-order valence-electron chi connectivity index (χ2n) is 5.09. The summed E-state index contributed by atoms with van der Waals surface area (Å²) in [7, 11) is 0. The van der Waals surface area contributed by atoms with Crippen LogP contribution in [-0.4, -0.2) is 6.54 Å². The van der Waals surface area contributed by atoms with Crippen molar-refractivity contribution in [3.05, 3.63) is 0 Å². The second kappa shape index (κ2) is 16.8. The molecular weight excluding hydrogens is 224 g/mol. The molecule has 4 nitrogen and oxygen atoms in total. The van der Waals surface area contributed by atoms with E-state index in [2.05, 4.69) is 23.4 Å². The molecule has 4 heteroatoms. The Labute approximate surface area is 113 Å². The third-order valence-corrected chi connectivity index (χ3v) is 3.32. The Morgan fingerprint density at radius 1 is 0.667 bits per heavy atom. The quantitative estimate of drug-likeness (QED) is 0.207. The molecule has 0 spiro atoms. The molecular formula is C14H34N4. The molecule has 0 aromatic carbocycles. The fourth-order valence-electron chi connectivity index (χ4n) is 2.17. The number of nitrogens with two attached hydrogens (primary N) is 1. The summed E-state index contributed by atoms with van der Waals surface area (Å²) < 4.78 is 0. The zero-order valence-electron chi connectivity index (χ0n) is 12.3. The van der Waals surface area contributed by atoms with Crippen LogP contribution in [0, 0.1) is 0 Å². The molecule has 5 N–H and O–H groups in total. The topological polar surface area (TPSA) is 62.1 Å². The minimum absolute atomic E-state index is 0.974. The average Bonchev–Trinajstić information content (AvgIpc) is 2.39. The van der Waals surface area contributed by atoms with Crippen LogP contribution in [0.3, 0.4) is 0 Å². The van der Waals surface area contributed by atoms with Gasteiger partial charge in [0.05, 0.1) is 0 Å². The monoisotopic (exact) mass is 258 g/mol. The Hall–Kier alpha value is -0.160. The van der Waals surface area contributed by atoms with Crippen LogP contribution in [-0.2, 0) is 0 Å². The lowest BCUT2D eigenvalue weighted by molar-refractivity contribution is 0.431. The largest absolute Gasteiger partial charge is 0.257 e. The van der Waals surface area contributed by atoms with Crippen LogP contribution in [0.2, 0.25) is 0 Å². The maximum absolute atomic E-state index is 5.05. The molecule has 0 bridgehead atoms. The molecule has 0 saturated heterocycles. The standard InChI is InChI=1S/C14H34N4/c1-2-3-4-5-6-7-8-9-10-11-12-13-14-16-18-17-15/h16-18H,2-15H2,1H3. The molecule has 0 rings (SSSR count). The Morgan fingerprint density at radius 2 is 1.11 bits per heavy atom. The summed E-state index contributed by atoms with van der Waals surface area (Å²) in [5.74, 6) is 5.05. The highest BCUT2D eigenvalue weighted by molar-refractivity contribution is 4.49. The van der Waals surface area contributed by atoms with Gasteiger partial charge in [-0.05, 0) is 6.42 Å². The van der Waals surface area contributed by atoms with Crippen molar-refractivity contribution in [2.24, 2.45) is 5.84 Å². The van der Waals surface area contributed by atoms with E-state index in [1.165, 1.54) is 77.0 Å². The molecule has 0 aliphatic rings. The first-order valence-corrected chi connectivity index (χ1v) is 7.85. The first-order chi connectivity index (χ1) is 8.91. The Kier molecular flexibility index (Phi) is 16.7. The van der Waals surface area contributed by atoms with Gasteiger partial charge >= 0.3 is 0 Å². The van der Waals surface area contributed by atoms with Gasteiger partial charge in [0.1, 0.15) is 0 Å². The fraction of sp³-hybridized carbons (Fsp3) is 1.00. The molecule has 0 atom stereocenters. The van der Waals surface area contributed by atoms with E-state index in [-0.39, 0.29) is 0 Å². The van der Waals surface area contributed by atoms with E-state index in [9.17, 15) is 0 Å². The highest BCUT2D eigenvalue weighted by Crippen LogP contribution is 2.11. The van der Waals surface area contributed by atoms with Crippen molar-refractivity contribution in [1.82, 2.24) is 16.5 Å². The van der Waals surface area contributed by atoms with Crippen LogP contribution >= 0.6 is 0 Å². The lowest BCUT2D eigenvalue weighted by Crippen LogP contribution is -2.47. The van der Waals surface area contributed by atoms with Gasteiger partial charge in [-0.15, -0.1) is 0 Å². The number of hydrogen-bond acceptors (Lipinski definition) is 4. The third kappa shape index (κ3) is 15.8. The summed E-state index contributed by atoms with van der Waals surface area (Å²) in [4.78, 5) is 0. The Morgan fingerprint density at radius 3 is 1.56 bits per heavy atom. The smallest absolute Gasteiger partial charge is 0.0113 e. The van der Waals surface area contributed by atoms with E-state index in [0.717, 1.165) is 6.54 Å². The average molecular weight is 258 g/mol. The number of hydrogen-bond donors (Lipinski definition) is 4. The van der Waals surface area contributed by atoms with E-state index in [0.29, 0.717) is 0 Å². The van der Waals surface area contributed by atoms with Crippen LogP contribution in [0.25, 0.3) is 0 Å². The molecule has 0 aromatic rings. The number of unbranched alkanes of at least 4 members (excludes halogenated alkanes) is 11. The predicted molar refractivity (Wildman–Crippen MR) is 79.5 cm³/mol. The highest BCUT2D eigenvalue weighted by atomic mass is 15.7.